The zero-order chi connectivity index (χ0) is 12.8. The highest BCUT2D eigenvalue weighted by atomic mass is 79.9. The maximum Gasteiger partial charge on any atom is 0.270 e. The first kappa shape index (κ1) is 14.2. The largest absolute Gasteiger partial charge is 0.270 e. The number of alkyl halides is 1. The third-order valence-corrected chi connectivity index (χ3v) is 12.1. The van der Waals surface area contributed by atoms with E-state index in [2.05, 4.69) is 41.3 Å². The molecule has 0 aromatic carbocycles. The molecule has 17 heavy (non-hydrogen) atoms. The van der Waals surface area contributed by atoms with E-state index in [4.69, 9.17) is 0 Å². The predicted molar refractivity (Wildman–Crippen MR) is 80.2 cm³/mol. The summed E-state index contributed by atoms with van der Waals surface area (Å²) in [5.41, 5.74) is 0. The van der Waals surface area contributed by atoms with Crippen LogP contribution in [-0.2, 0) is 9.84 Å². The quantitative estimate of drug-likeness (QED) is 0.559. The number of hydrogen-bond acceptors (Lipinski definition) is 4. The van der Waals surface area contributed by atoms with Gasteiger partial charge in [0.05, 0.1) is 10.5 Å². The lowest BCUT2D eigenvalue weighted by Gasteiger charge is -2.21. The van der Waals surface area contributed by atoms with Gasteiger partial charge in [-0.05, 0) is 44.3 Å². The zero-order valence-corrected chi connectivity index (χ0v) is 14.2. The number of thioether (sulfide) groups is 2. The van der Waals surface area contributed by atoms with Crippen molar-refractivity contribution >= 4 is 53.7 Å². The first-order valence-electron chi connectivity index (χ1n) is 5.68. The maximum atomic E-state index is 11.9. The Kier molecular flexibility index (Phi) is 3.95. The van der Waals surface area contributed by atoms with Crippen molar-refractivity contribution in [3.8, 4) is 0 Å². The minimum Gasteiger partial charge on any atom is -0.228 e. The SMILES string of the molecule is CC[N+](CC)=C1S[C@@H]2CS(=O)(=O)C(Br)[C@]2(C)S1. The molecular formula is C10H17BrNO2S3+. The predicted octanol–water partition coefficient (Wildman–Crippen LogP) is 2.15. The van der Waals surface area contributed by atoms with Crippen molar-refractivity contribution in [3.63, 3.8) is 0 Å². The van der Waals surface area contributed by atoms with Crippen molar-refractivity contribution in [3.05, 3.63) is 0 Å². The van der Waals surface area contributed by atoms with Gasteiger partial charge in [-0.1, -0.05) is 15.9 Å². The second kappa shape index (κ2) is 4.72. The Morgan fingerprint density at radius 2 is 2.06 bits per heavy atom. The van der Waals surface area contributed by atoms with E-state index < -0.39 is 14.0 Å². The van der Waals surface area contributed by atoms with Gasteiger partial charge in [0.2, 0.25) is 0 Å². The number of hydrogen-bond donors (Lipinski definition) is 0. The number of fused-ring (bicyclic) bond motifs is 1. The van der Waals surface area contributed by atoms with Crippen LogP contribution in [0.2, 0.25) is 0 Å². The minimum atomic E-state index is -2.96. The molecule has 0 bridgehead atoms. The van der Waals surface area contributed by atoms with Crippen LogP contribution < -0.4 is 0 Å². The Balaban J connectivity index is 2.34. The zero-order valence-electron chi connectivity index (χ0n) is 10.1. The van der Waals surface area contributed by atoms with Crippen LogP contribution in [0.1, 0.15) is 20.8 Å². The molecule has 0 aromatic heterocycles. The van der Waals surface area contributed by atoms with Crippen LogP contribution in [-0.4, -0.2) is 50.4 Å². The average Bonchev–Trinajstić information content (AvgIpc) is 2.64. The van der Waals surface area contributed by atoms with Crippen LogP contribution in [0.5, 0.6) is 0 Å². The molecule has 2 rings (SSSR count). The van der Waals surface area contributed by atoms with E-state index in [0.717, 1.165) is 13.1 Å². The first-order valence-corrected chi connectivity index (χ1v) is 10.0. The summed E-state index contributed by atoms with van der Waals surface area (Å²) in [5.74, 6) is 0.294. The number of halogens is 1. The standard InChI is InChI=1S/C10H17BrNO2S3/c1-4-12(5-2)9-15-7-6-17(13,14)8(11)10(7,3)16-9/h7-8H,4-6H2,1-3H3/q+1/t7-,8?,10-/m1/s1. The molecule has 2 aliphatic heterocycles. The van der Waals surface area contributed by atoms with Gasteiger partial charge in [0.1, 0.15) is 17.2 Å². The molecule has 2 saturated heterocycles. The highest BCUT2D eigenvalue weighted by Gasteiger charge is 2.62. The van der Waals surface area contributed by atoms with Crippen molar-refractivity contribution in [1.82, 2.24) is 0 Å². The normalized spacial score (nSPS) is 39.4. The molecule has 0 N–H and O–H groups in total. The van der Waals surface area contributed by atoms with Gasteiger partial charge in [-0.25, -0.2) is 13.0 Å². The molecule has 0 aliphatic carbocycles. The molecule has 0 amide bonds. The molecule has 1 unspecified atom stereocenters. The summed E-state index contributed by atoms with van der Waals surface area (Å²) in [6, 6.07) is 0. The summed E-state index contributed by atoms with van der Waals surface area (Å²) in [6.07, 6.45) is 0. The van der Waals surface area contributed by atoms with Gasteiger partial charge >= 0.3 is 0 Å². The van der Waals surface area contributed by atoms with E-state index in [1.165, 1.54) is 4.38 Å². The van der Waals surface area contributed by atoms with Gasteiger partial charge in [0, 0.05) is 5.25 Å². The topological polar surface area (TPSA) is 37.1 Å². The number of nitrogens with zero attached hydrogens (tertiary/aromatic N) is 1. The third-order valence-electron chi connectivity index (χ3n) is 3.36. The van der Waals surface area contributed by atoms with Crippen molar-refractivity contribution in [2.24, 2.45) is 0 Å². The fourth-order valence-corrected chi connectivity index (χ4v) is 10.3. The average molecular weight is 359 g/mol. The van der Waals surface area contributed by atoms with E-state index in [1.54, 1.807) is 23.5 Å². The van der Waals surface area contributed by atoms with E-state index in [0.29, 0.717) is 5.75 Å². The second-order valence-corrected chi connectivity index (χ2v) is 11.0. The molecular weight excluding hydrogens is 342 g/mol. The lowest BCUT2D eigenvalue weighted by molar-refractivity contribution is -0.515. The lowest BCUT2D eigenvalue weighted by Crippen LogP contribution is -2.33. The van der Waals surface area contributed by atoms with Crippen molar-refractivity contribution < 1.29 is 13.0 Å². The van der Waals surface area contributed by atoms with E-state index in [1.807, 2.05) is 0 Å². The van der Waals surface area contributed by atoms with Gasteiger partial charge in [-0.15, -0.1) is 0 Å². The van der Waals surface area contributed by atoms with Gasteiger partial charge in [-0.3, -0.25) is 0 Å². The summed E-state index contributed by atoms with van der Waals surface area (Å²) in [6.45, 7) is 8.30. The van der Waals surface area contributed by atoms with Gasteiger partial charge < -0.3 is 0 Å². The lowest BCUT2D eigenvalue weighted by atomic mass is 10.1. The van der Waals surface area contributed by atoms with Crippen LogP contribution in [0.15, 0.2) is 0 Å². The van der Waals surface area contributed by atoms with Crippen LogP contribution in [0, 0.1) is 0 Å². The Labute approximate surface area is 120 Å². The Hall–Kier alpha value is 0.800. The summed E-state index contributed by atoms with van der Waals surface area (Å²) in [7, 11) is -2.96. The molecule has 7 heteroatoms. The van der Waals surface area contributed by atoms with Gasteiger partial charge in [0.25, 0.3) is 4.38 Å². The van der Waals surface area contributed by atoms with E-state index in [-0.39, 0.29) is 10.00 Å². The van der Waals surface area contributed by atoms with Crippen LogP contribution in [0.4, 0.5) is 0 Å². The van der Waals surface area contributed by atoms with Crippen LogP contribution in [0.25, 0.3) is 0 Å². The van der Waals surface area contributed by atoms with Crippen LogP contribution >= 0.6 is 39.5 Å². The molecule has 98 valence electrons. The molecule has 2 heterocycles. The van der Waals surface area contributed by atoms with Crippen molar-refractivity contribution in [2.75, 3.05) is 18.8 Å². The summed E-state index contributed by atoms with van der Waals surface area (Å²) >= 11 is 6.86. The molecule has 0 spiro atoms. The molecule has 2 aliphatic rings. The summed E-state index contributed by atoms with van der Waals surface area (Å²) in [4.78, 5) is 0. The van der Waals surface area contributed by atoms with Crippen molar-refractivity contribution in [2.45, 2.75) is 34.9 Å². The fraction of sp³-hybridized carbons (Fsp3) is 0.900. The smallest absolute Gasteiger partial charge is 0.228 e. The summed E-state index contributed by atoms with van der Waals surface area (Å²) in [5, 5.41) is 0.178. The molecule has 2 fully saturated rings. The molecule has 0 aromatic rings. The second-order valence-electron chi connectivity index (χ2n) is 4.48. The fourth-order valence-electron chi connectivity index (χ4n) is 2.18. The highest BCUT2D eigenvalue weighted by Crippen LogP contribution is 2.57. The highest BCUT2D eigenvalue weighted by molar-refractivity contribution is 9.11. The van der Waals surface area contributed by atoms with E-state index >= 15 is 0 Å². The van der Waals surface area contributed by atoms with E-state index in [9.17, 15) is 8.42 Å². The number of sulfone groups is 1. The Morgan fingerprint density at radius 1 is 1.47 bits per heavy atom. The van der Waals surface area contributed by atoms with Gasteiger partial charge in [-0.2, -0.15) is 0 Å². The van der Waals surface area contributed by atoms with Crippen LogP contribution in [0.3, 0.4) is 0 Å². The number of rotatable bonds is 2. The monoisotopic (exact) mass is 358 g/mol. The molecule has 0 radical (unpaired) electrons. The molecule has 3 nitrogen and oxygen atoms in total. The molecule has 0 saturated carbocycles. The van der Waals surface area contributed by atoms with Crippen molar-refractivity contribution in [1.29, 1.82) is 0 Å². The maximum absolute atomic E-state index is 11.9. The molecule has 3 atom stereocenters. The third kappa shape index (κ3) is 2.21. The first-order chi connectivity index (χ1) is 7.85. The van der Waals surface area contributed by atoms with Gasteiger partial charge in [0.15, 0.2) is 9.84 Å². The Bertz CT molecular complexity index is 456. The summed E-state index contributed by atoms with van der Waals surface area (Å²) < 4.78 is 26.8. The minimum absolute atomic E-state index is 0.178. The Morgan fingerprint density at radius 3 is 2.53 bits per heavy atom.